The van der Waals surface area contributed by atoms with Crippen molar-refractivity contribution in [2.75, 3.05) is 11.9 Å². The van der Waals surface area contributed by atoms with Crippen LogP contribution in [-0.2, 0) is 19.5 Å². The molecule has 0 unspecified atom stereocenters. The number of rotatable bonds is 4. The second-order valence-electron chi connectivity index (χ2n) is 5.86. The number of hydrogen-bond donors (Lipinski definition) is 1. The van der Waals surface area contributed by atoms with Gasteiger partial charge in [0.1, 0.15) is 11.6 Å². The van der Waals surface area contributed by atoms with Crippen molar-refractivity contribution in [1.29, 1.82) is 0 Å². The molecule has 24 heavy (non-hydrogen) atoms. The number of aromatic nitrogens is 2. The number of nitrogens with zero attached hydrogens (tertiary/aromatic N) is 3. The van der Waals surface area contributed by atoms with E-state index >= 15 is 0 Å². The molecule has 4 rings (SSSR count). The predicted octanol–water partition coefficient (Wildman–Crippen LogP) is 3.51. The van der Waals surface area contributed by atoms with Crippen LogP contribution in [-0.4, -0.2) is 21.6 Å². The van der Waals surface area contributed by atoms with Gasteiger partial charge in [-0.25, -0.2) is 4.39 Å². The molecule has 0 fully saturated rings. The third-order valence-electron chi connectivity index (χ3n) is 4.16. The molecule has 1 aliphatic heterocycles. The molecule has 0 aliphatic carbocycles. The Morgan fingerprint density at radius 1 is 1.21 bits per heavy atom. The molecule has 6 heteroatoms. The van der Waals surface area contributed by atoms with Gasteiger partial charge in [0.2, 0.25) is 0 Å². The van der Waals surface area contributed by atoms with E-state index in [0.29, 0.717) is 18.1 Å². The molecule has 122 valence electrons. The fourth-order valence-electron chi connectivity index (χ4n) is 2.94. The Balaban J connectivity index is 1.53. The summed E-state index contributed by atoms with van der Waals surface area (Å²) in [6, 6.07) is 10.6. The maximum atomic E-state index is 13.8. The molecule has 3 heterocycles. The van der Waals surface area contributed by atoms with Crippen LogP contribution in [0.4, 0.5) is 15.9 Å². The summed E-state index contributed by atoms with van der Waals surface area (Å²) in [5, 5.41) is 7.13. The Morgan fingerprint density at radius 3 is 2.96 bits per heavy atom. The predicted molar refractivity (Wildman–Crippen MR) is 88.2 cm³/mol. The highest BCUT2D eigenvalue weighted by molar-refractivity contribution is 5.60. The summed E-state index contributed by atoms with van der Waals surface area (Å²) < 4.78 is 19.3. The maximum Gasteiger partial charge on any atom is 0.178 e. The second-order valence-corrected chi connectivity index (χ2v) is 5.86. The van der Waals surface area contributed by atoms with Gasteiger partial charge in [-0.3, -0.25) is 9.88 Å². The quantitative estimate of drug-likeness (QED) is 0.796. The van der Waals surface area contributed by atoms with Gasteiger partial charge >= 0.3 is 0 Å². The van der Waals surface area contributed by atoms with Crippen molar-refractivity contribution in [3.05, 3.63) is 71.5 Å². The smallest absolute Gasteiger partial charge is 0.178 e. The summed E-state index contributed by atoms with van der Waals surface area (Å²) in [6.07, 6.45) is 4.44. The van der Waals surface area contributed by atoms with Crippen LogP contribution in [0.2, 0.25) is 0 Å². The highest BCUT2D eigenvalue weighted by atomic mass is 19.1. The lowest BCUT2D eigenvalue weighted by atomic mass is 10.1. The van der Waals surface area contributed by atoms with Crippen molar-refractivity contribution in [3.63, 3.8) is 0 Å². The van der Waals surface area contributed by atoms with Gasteiger partial charge in [0.15, 0.2) is 5.82 Å². The van der Waals surface area contributed by atoms with E-state index in [1.165, 1.54) is 11.6 Å². The molecule has 0 saturated carbocycles. The van der Waals surface area contributed by atoms with Gasteiger partial charge in [-0.2, -0.15) is 0 Å². The minimum absolute atomic E-state index is 0.308. The second kappa shape index (κ2) is 6.41. The molecule has 3 aromatic rings. The van der Waals surface area contributed by atoms with Gasteiger partial charge in [-0.1, -0.05) is 23.4 Å². The van der Waals surface area contributed by atoms with E-state index in [4.69, 9.17) is 4.52 Å². The van der Waals surface area contributed by atoms with E-state index in [-0.39, 0.29) is 5.82 Å². The highest BCUT2D eigenvalue weighted by Gasteiger charge is 2.24. The molecule has 0 radical (unpaired) electrons. The average Bonchev–Trinajstić information content (AvgIpc) is 3.00. The Hall–Kier alpha value is -2.73. The average molecular weight is 324 g/mol. The summed E-state index contributed by atoms with van der Waals surface area (Å²) in [6.45, 7) is 2.43. The van der Waals surface area contributed by atoms with Crippen LogP contribution in [0.25, 0.3) is 0 Å². The number of anilines is 2. The number of para-hydroxylation sites is 1. The monoisotopic (exact) mass is 324 g/mol. The molecule has 0 spiro atoms. The minimum atomic E-state index is -0.308. The third kappa shape index (κ3) is 3.00. The van der Waals surface area contributed by atoms with Crippen molar-refractivity contribution >= 4 is 11.5 Å². The third-order valence-corrected chi connectivity index (χ3v) is 4.16. The lowest BCUT2D eigenvalue weighted by Crippen LogP contribution is -2.29. The lowest BCUT2D eigenvalue weighted by Gasteiger charge is -2.25. The van der Waals surface area contributed by atoms with Gasteiger partial charge in [0, 0.05) is 38.4 Å². The van der Waals surface area contributed by atoms with E-state index in [9.17, 15) is 4.39 Å². The zero-order chi connectivity index (χ0) is 16.4. The van der Waals surface area contributed by atoms with E-state index < -0.39 is 0 Å². The molecule has 0 saturated heterocycles. The first-order valence-corrected chi connectivity index (χ1v) is 7.90. The highest BCUT2D eigenvalue weighted by Crippen LogP contribution is 2.29. The molecule has 0 bridgehead atoms. The first-order valence-electron chi connectivity index (χ1n) is 7.90. The van der Waals surface area contributed by atoms with Crippen LogP contribution < -0.4 is 5.32 Å². The summed E-state index contributed by atoms with van der Waals surface area (Å²) >= 11 is 0. The molecule has 0 atom stereocenters. The van der Waals surface area contributed by atoms with Crippen molar-refractivity contribution in [1.82, 2.24) is 15.0 Å². The number of benzene rings is 1. The van der Waals surface area contributed by atoms with Crippen LogP contribution in [0.3, 0.4) is 0 Å². The Kier molecular flexibility index (Phi) is 3.96. The Morgan fingerprint density at radius 2 is 2.12 bits per heavy atom. The van der Waals surface area contributed by atoms with Gasteiger partial charge in [0.05, 0.1) is 11.3 Å². The molecule has 5 nitrogen and oxygen atoms in total. The van der Waals surface area contributed by atoms with E-state index in [2.05, 4.69) is 26.4 Å². The number of halogens is 1. The zero-order valence-electron chi connectivity index (χ0n) is 13.1. The van der Waals surface area contributed by atoms with Gasteiger partial charge in [-0.05, 0) is 23.8 Å². The fraction of sp³-hybridized carbons (Fsp3) is 0.222. The van der Waals surface area contributed by atoms with Gasteiger partial charge < -0.3 is 9.84 Å². The summed E-state index contributed by atoms with van der Waals surface area (Å²) in [5.74, 6) is 1.15. The van der Waals surface area contributed by atoms with Gasteiger partial charge in [-0.15, -0.1) is 0 Å². The molecule has 1 aromatic carbocycles. The molecule has 2 aromatic heterocycles. The number of hydrogen-bond acceptors (Lipinski definition) is 5. The van der Waals surface area contributed by atoms with Crippen LogP contribution in [0.5, 0.6) is 0 Å². The normalized spacial score (nSPS) is 14.4. The summed E-state index contributed by atoms with van der Waals surface area (Å²) in [5.41, 5.74) is 2.56. The maximum absolute atomic E-state index is 13.8. The van der Waals surface area contributed by atoms with Crippen molar-refractivity contribution in [3.8, 4) is 0 Å². The van der Waals surface area contributed by atoms with E-state index in [1.54, 1.807) is 24.4 Å². The Labute approximate surface area is 139 Å². The number of nitrogens with one attached hydrogen (secondary N) is 1. The van der Waals surface area contributed by atoms with E-state index in [1.807, 2.05) is 12.3 Å². The van der Waals surface area contributed by atoms with Crippen molar-refractivity contribution in [2.45, 2.75) is 19.5 Å². The molecular weight excluding hydrogens is 307 g/mol. The molecular formula is C18H17FN4O. The van der Waals surface area contributed by atoms with Crippen molar-refractivity contribution < 1.29 is 8.91 Å². The van der Waals surface area contributed by atoms with Crippen LogP contribution in [0.15, 0.2) is 53.3 Å². The first-order chi connectivity index (χ1) is 11.8. The van der Waals surface area contributed by atoms with E-state index in [0.717, 1.165) is 30.8 Å². The summed E-state index contributed by atoms with van der Waals surface area (Å²) in [4.78, 5) is 6.46. The standard InChI is InChI=1S/C18H17FN4O/c19-15-5-1-2-6-16(15)21-18-14-12-23(9-7-17(14)24-22-18)11-13-4-3-8-20-10-13/h1-6,8,10H,7,9,11-12H2,(H,21,22). The first kappa shape index (κ1) is 14.8. The van der Waals surface area contributed by atoms with Crippen LogP contribution in [0.1, 0.15) is 16.9 Å². The largest absolute Gasteiger partial charge is 0.359 e. The van der Waals surface area contributed by atoms with Crippen molar-refractivity contribution in [2.24, 2.45) is 0 Å². The minimum Gasteiger partial charge on any atom is -0.359 e. The number of pyridine rings is 1. The number of fused-ring (bicyclic) bond motifs is 1. The molecule has 0 amide bonds. The fourth-order valence-corrected chi connectivity index (χ4v) is 2.94. The topological polar surface area (TPSA) is 54.2 Å². The zero-order valence-corrected chi connectivity index (χ0v) is 13.1. The molecule has 1 aliphatic rings. The lowest BCUT2D eigenvalue weighted by molar-refractivity contribution is 0.228. The SMILES string of the molecule is Fc1ccccc1Nc1noc2c1CN(Cc1cccnc1)CC2. The van der Waals surface area contributed by atoms with Gasteiger partial charge in [0.25, 0.3) is 0 Å². The van der Waals surface area contributed by atoms with Crippen LogP contribution in [0, 0.1) is 5.82 Å². The molecule has 1 N–H and O–H groups in total. The summed E-state index contributed by atoms with van der Waals surface area (Å²) in [7, 11) is 0. The Bertz CT molecular complexity index is 834. The van der Waals surface area contributed by atoms with Crippen LogP contribution >= 0.6 is 0 Å².